The second-order valence-electron chi connectivity index (χ2n) is 4.90. The minimum absolute atomic E-state index is 0.0609. The van der Waals surface area contributed by atoms with Crippen molar-refractivity contribution in [2.75, 3.05) is 6.61 Å². The van der Waals surface area contributed by atoms with E-state index in [1.165, 1.54) is 12.1 Å². The van der Waals surface area contributed by atoms with Crippen LogP contribution in [-0.2, 0) is 10.0 Å². The maximum Gasteiger partial charge on any atom is 0.265 e. The first-order chi connectivity index (χ1) is 10.1. The van der Waals surface area contributed by atoms with Crippen LogP contribution in [0.4, 0.5) is 0 Å². The molecule has 1 aromatic carbocycles. The molecule has 6 heteroatoms. The van der Waals surface area contributed by atoms with E-state index in [9.17, 15) is 13.6 Å². The molecule has 1 aliphatic rings. The average molecular weight is 309 g/mol. The molecule has 2 rings (SSSR count). The zero-order chi connectivity index (χ0) is 15.3. The van der Waals surface area contributed by atoms with Gasteiger partial charge >= 0.3 is 0 Å². The van der Waals surface area contributed by atoms with Crippen molar-refractivity contribution in [2.45, 2.75) is 43.5 Å². The standard InChI is InChI=1S/C15H19NO4S/c1-2-3-12-20-14-8-10-15(11-9-14)21(18,19)16(17)13-6-4-5-7-13/h8-11,13,17H,4-7,12H2,1H3. The SMILES string of the molecule is CC#CCOc1ccc(S(=O)(=O)N(O)C2CCCC2)cc1. The number of benzene rings is 1. The summed E-state index contributed by atoms with van der Waals surface area (Å²) in [6.45, 7) is 1.98. The van der Waals surface area contributed by atoms with Gasteiger partial charge < -0.3 is 4.74 Å². The monoisotopic (exact) mass is 309 g/mol. The summed E-state index contributed by atoms with van der Waals surface area (Å²) in [4.78, 5) is 0.0609. The van der Waals surface area contributed by atoms with Gasteiger partial charge in [0.2, 0.25) is 0 Å². The number of ether oxygens (including phenoxy) is 1. The molecule has 0 spiro atoms. The van der Waals surface area contributed by atoms with Crippen molar-refractivity contribution in [2.24, 2.45) is 0 Å². The van der Waals surface area contributed by atoms with Gasteiger partial charge in [-0.2, -0.15) is 0 Å². The Hall–Kier alpha value is -1.55. The fourth-order valence-electron chi connectivity index (χ4n) is 2.33. The van der Waals surface area contributed by atoms with E-state index in [1.807, 2.05) is 0 Å². The van der Waals surface area contributed by atoms with Crippen LogP contribution in [0.15, 0.2) is 29.2 Å². The topological polar surface area (TPSA) is 66.8 Å². The van der Waals surface area contributed by atoms with Crippen LogP contribution in [0.3, 0.4) is 0 Å². The second-order valence-corrected chi connectivity index (χ2v) is 6.70. The molecular weight excluding hydrogens is 290 g/mol. The Balaban J connectivity index is 2.10. The highest BCUT2D eigenvalue weighted by Crippen LogP contribution is 2.27. The van der Waals surface area contributed by atoms with Gasteiger partial charge in [-0.1, -0.05) is 23.2 Å². The molecule has 5 nitrogen and oxygen atoms in total. The van der Waals surface area contributed by atoms with Gasteiger partial charge in [0.1, 0.15) is 12.4 Å². The molecule has 1 fully saturated rings. The van der Waals surface area contributed by atoms with Gasteiger partial charge in [0.05, 0.1) is 10.9 Å². The summed E-state index contributed by atoms with van der Waals surface area (Å²) < 4.78 is 30.4. The molecule has 1 aliphatic carbocycles. The zero-order valence-electron chi connectivity index (χ0n) is 11.9. The lowest BCUT2D eigenvalue weighted by atomic mass is 10.3. The van der Waals surface area contributed by atoms with Gasteiger partial charge in [-0.25, -0.2) is 8.42 Å². The molecule has 0 saturated heterocycles. The molecule has 0 amide bonds. The Morgan fingerprint density at radius 3 is 2.48 bits per heavy atom. The molecule has 0 unspecified atom stereocenters. The zero-order valence-corrected chi connectivity index (χ0v) is 12.8. The Kier molecular flexibility index (Phi) is 5.23. The maximum atomic E-state index is 12.3. The molecule has 1 aromatic rings. The number of hydrogen-bond acceptors (Lipinski definition) is 4. The third kappa shape index (κ3) is 3.76. The number of hydrogen-bond donors (Lipinski definition) is 1. The van der Waals surface area contributed by atoms with Crippen molar-refractivity contribution in [1.29, 1.82) is 0 Å². The lowest BCUT2D eigenvalue weighted by Gasteiger charge is -2.21. The smallest absolute Gasteiger partial charge is 0.265 e. The normalized spacial score (nSPS) is 15.8. The molecule has 0 aliphatic heterocycles. The molecule has 0 aromatic heterocycles. The summed E-state index contributed by atoms with van der Waals surface area (Å²) in [7, 11) is -3.86. The predicted octanol–water partition coefficient (Wildman–Crippen LogP) is 2.41. The quantitative estimate of drug-likeness (QED) is 0.670. The maximum absolute atomic E-state index is 12.3. The van der Waals surface area contributed by atoms with Gasteiger partial charge in [0, 0.05) is 0 Å². The Morgan fingerprint density at radius 1 is 1.29 bits per heavy atom. The largest absolute Gasteiger partial charge is 0.481 e. The summed E-state index contributed by atoms with van der Waals surface area (Å²) >= 11 is 0. The minimum Gasteiger partial charge on any atom is -0.481 e. The van der Waals surface area contributed by atoms with E-state index < -0.39 is 10.0 Å². The molecule has 1 N–H and O–H groups in total. The molecule has 114 valence electrons. The van der Waals surface area contributed by atoms with Crippen molar-refractivity contribution in [3.05, 3.63) is 24.3 Å². The number of hydroxylamine groups is 1. The average Bonchev–Trinajstić information content (AvgIpc) is 3.01. The number of sulfonamides is 1. The summed E-state index contributed by atoms with van der Waals surface area (Å²) in [5.74, 6) is 6.01. The predicted molar refractivity (Wildman–Crippen MR) is 78.5 cm³/mol. The molecule has 0 bridgehead atoms. The van der Waals surface area contributed by atoms with Crippen LogP contribution < -0.4 is 4.74 Å². The lowest BCUT2D eigenvalue weighted by Crippen LogP contribution is -2.35. The molecule has 21 heavy (non-hydrogen) atoms. The van der Waals surface area contributed by atoms with Gasteiger partial charge in [-0.3, -0.25) is 5.21 Å². The van der Waals surface area contributed by atoms with Crippen LogP contribution in [0, 0.1) is 11.8 Å². The summed E-state index contributed by atoms with van der Waals surface area (Å²) in [5, 5.41) is 9.97. The molecule has 0 atom stereocenters. The van der Waals surface area contributed by atoms with E-state index in [0.717, 1.165) is 12.8 Å². The first kappa shape index (κ1) is 15.8. The highest BCUT2D eigenvalue weighted by Gasteiger charge is 2.32. The van der Waals surface area contributed by atoms with Crippen molar-refractivity contribution >= 4 is 10.0 Å². The van der Waals surface area contributed by atoms with Crippen LogP contribution in [0.5, 0.6) is 5.75 Å². The summed E-state index contributed by atoms with van der Waals surface area (Å²) in [6, 6.07) is 5.68. The van der Waals surface area contributed by atoms with E-state index in [-0.39, 0.29) is 17.5 Å². The minimum atomic E-state index is -3.86. The van der Waals surface area contributed by atoms with Crippen molar-refractivity contribution in [3.63, 3.8) is 0 Å². The fourth-order valence-corrected chi connectivity index (χ4v) is 3.63. The summed E-state index contributed by atoms with van der Waals surface area (Å²) in [6.07, 6.45) is 3.30. The van der Waals surface area contributed by atoms with E-state index >= 15 is 0 Å². The second kappa shape index (κ2) is 6.94. The van der Waals surface area contributed by atoms with Crippen LogP contribution in [0.1, 0.15) is 32.6 Å². The number of nitrogens with zero attached hydrogens (tertiary/aromatic N) is 1. The molecular formula is C15H19NO4S. The van der Waals surface area contributed by atoms with E-state index in [1.54, 1.807) is 19.1 Å². The number of rotatable bonds is 5. The first-order valence-corrected chi connectivity index (χ1v) is 8.35. The van der Waals surface area contributed by atoms with Gasteiger partial charge in [0.15, 0.2) is 0 Å². The van der Waals surface area contributed by atoms with Crippen LogP contribution in [-0.4, -0.2) is 30.7 Å². The first-order valence-electron chi connectivity index (χ1n) is 6.91. The van der Waals surface area contributed by atoms with Crippen LogP contribution >= 0.6 is 0 Å². The molecule has 0 heterocycles. The Labute approximate surface area is 125 Å². The van der Waals surface area contributed by atoms with Crippen molar-refractivity contribution < 1.29 is 18.4 Å². The van der Waals surface area contributed by atoms with Gasteiger partial charge in [-0.05, 0) is 44.0 Å². The van der Waals surface area contributed by atoms with Crippen molar-refractivity contribution in [3.8, 4) is 17.6 Å². The lowest BCUT2D eigenvalue weighted by molar-refractivity contribution is -0.0334. The Bertz CT molecular complexity index is 622. The van der Waals surface area contributed by atoms with Crippen molar-refractivity contribution in [1.82, 2.24) is 4.47 Å². The van der Waals surface area contributed by atoms with Gasteiger partial charge in [-0.15, -0.1) is 5.92 Å². The Morgan fingerprint density at radius 2 is 1.90 bits per heavy atom. The van der Waals surface area contributed by atoms with E-state index in [4.69, 9.17) is 4.74 Å². The van der Waals surface area contributed by atoms with Crippen LogP contribution in [0.25, 0.3) is 0 Å². The highest BCUT2D eigenvalue weighted by molar-refractivity contribution is 7.89. The van der Waals surface area contributed by atoms with Gasteiger partial charge in [0.25, 0.3) is 10.0 Å². The third-order valence-electron chi connectivity index (χ3n) is 3.49. The highest BCUT2D eigenvalue weighted by atomic mass is 32.2. The van der Waals surface area contributed by atoms with E-state index in [0.29, 0.717) is 23.1 Å². The molecule has 1 saturated carbocycles. The summed E-state index contributed by atoms with van der Waals surface area (Å²) in [5.41, 5.74) is 0. The van der Waals surface area contributed by atoms with E-state index in [2.05, 4.69) is 11.8 Å². The fraction of sp³-hybridized carbons (Fsp3) is 0.467. The molecule has 0 radical (unpaired) electrons. The third-order valence-corrected chi connectivity index (χ3v) is 5.15. The van der Waals surface area contributed by atoms with Crippen LogP contribution in [0.2, 0.25) is 0 Å².